The van der Waals surface area contributed by atoms with E-state index >= 15 is 0 Å². The van der Waals surface area contributed by atoms with Crippen molar-refractivity contribution in [3.63, 3.8) is 0 Å². The van der Waals surface area contributed by atoms with Crippen LogP contribution in [-0.4, -0.2) is 50.2 Å². The maximum absolute atomic E-state index is 14.7. The van der Waals surface area contributed by atoms with Crippen molar-refractivity contribution in [3.05, 3.63) is 74.9 Å². The number of rotatable bonds is 12. The molecule has 1 aromatic rings. The van der Waals surface area contributed by atoms with E-state index in [2.05, 4.69) is 19.9 Å². The summed E-state index contributed by atoms with van der Waals surface area (Å²) in [5, 5.41) is 33.1. The van der Waals surface area contributed by atoms with Crippen molar-refractivity contribution in [3.8, 4) is 17.2 Å². The van der Waals surface area contributed by atoms with E-state index in [4.69, 9.17) is 9.47 Å². The molecule has 0 radical (unpaired) electrons. The van der Waals surface area contributed by atoms with Crippen molar-refractivity contribution < 1.29 is 39.2 Å². The van der Waals surface area contributed by atoms with Crippen LogP contribution in [-0.2, 0) is 27.2 Å². The van der Waals surface area contributed by atoms with Crippen LogP contribution < -0.4 is 4.74 Å². The average Bonchev–Trinajstić information content (AvgIpc) is 2.97. The van der Waals surface area contributed by atoms with Crippen LogP contribution in [0.5, 0.6) is 17.2 Å². The summed E-state index contributed by atoms with van der Waals surface area (Å²) < 4.78 is 13.5. The van der Waals surface area contributed by atoms with Gasteiger partial charge < -0.3 is 24.8 Å². The minimum absolute atomic E-state index is 0.0309. The first-order valence-corrected chi connectivity index (χ1v) is 16.6. The van der Waals surface area contributed by atoms with Crippen LogP contribution in [0.3, 0.4) is 0 Å². The minimum Gasteiger partial charge on any atom is -0.507 e. The van der Waals surface area contributed by atoms with Crippen molar-refractivity contribution in [1.29, 1.82) is 0 Å². The third kappa shape index (κ3) is 6.37. The molecule has 1 saturated carbocycles. The highest BCUT2D eigenvalue weighted by molar-refractivity contribution is 6.18. The largest absolute Gasteiger partial charge is 0.507 e. The van der Waals surface area contributed by atoms with Crippen molar-refractivity contribution >= 4 is 17.5 Å². The summed E-state index contributed by atoms with van der Waals surface area (Å²) in [6.45, 7) is 16.9. The third-order valence-electron chi connectivity index (χ3n) is 9.66. The Kier molecular flexibility index (Phi) is 10.5. The van der Waals surface area contributed by atoms with E-state index in [1.165, 1.54) is 18.6 Å². The molecular formula is C39H50O8. The van der Waals surface area contributed by atoms with Gasteiger partial charge in [0.15, 0.2) is 22.8 Å². The zero-order valence-corrected chi connectivity index (χ0v) is 29.2. The zero-order valence-electron chi connectivity index (χ0n) is 29.2. The first-order valence-electron chi connectivity index (χ1n) is 16.6. The Morgan fingerprint density at radius 3 is 2.21 bits per heavy atom. The van der Waals surface area contributed by atoms with E-state index in [-0.39, 0.29) is 64.6 Å². The monoisotopic (exact) mass is 646 g/mol. The molecule has 1 fully saturated rings. The number of carbonyl (C=O) groups excluding carboxylic acids is 2. The standard InChI is InChI=1S/C39H50O8/c1-21(2)11-10-12-24(7)14-16-28-32(40)29(15-13-22(3)4)35-31(33(28)41)34(42)30-20-27-19-26(9)39(30,47-35)38(36(27)43,46-23(5)6)18-17-25(8)37(44)45/h11,13-14,17,20,23,26-27,40-41H,10,12,15-16,18-19H2,1-9H3,(H,44,45)/b24-14+,25-17-/t26-,27+,38+,39+/m1/s1. The molecule has 3 aliphatic carbocycles. The Labute approximate surface area is 278 Å². The third-order valence-corrected chi connectivity index (χ3v) is 9.66. The van der Waals surface area contributed by atoms with E-state index < -0.39 is 40.9 Å². The Bertz CT molecular complexity index is 1630. The summed E-state index contributed by atoms with van der Waals surface area (Å²) in [6, 6.07) is 0. The Morgan fingerprint density at radius 1 is 0.979 bits per heavy atom. The number of allylic oxidation sites excluding steroid dienone is 7. The summed E-state index contributed by atoms with van der Waals surface area (Å²) in [4.78, 5) is 40.9. The van der Waals surface area contributed by atoms with Crippen LogP contribution in [0.4, 0.5) is 0 Å². The van der Waals surface area contributed by atoms with E-state index in [1.54, 1.807) is 19.9 Å². The normalized spacial score (nSPS) is 25.2. The van der Waals surface area contributed by atoms with Gasteiger partial charge in [-0.2, -0.15) is 0 Å². The van der Waals surface area contributed by atoms with Crippen LogP contribution in [0.25, 0.3) is 0 Å². The van der Waals surface area contributed by atoms with Gasteiger partial charge in [-0.25, -0.2) is 4.79 Å². The summed E-state index contributed by atoms with van der Waals surface area (Å²) in [6.07, 6.45) is 11.1. The van der Waals surface area contributed by atoms with Gasteiger partial charge in [0.25, 0.3) is 0 Å². The molecule has 1 heterocycles. The number of Topliss-reactive ketones (excluding diaryl/α,β-unsaturated/α-hetero) is 2. The molecule has 3 N–H and O–H groups in total. The maximum Gasteiger partial charge on any atom is 0.330 e. The Balaban J connectivity index is 1.98. The highest BCUT2D eigenvalue weighted by Crippen LogP contribution is 2.62. The summed E-state index contributed by atoms with van der Waals surface area (Å²) in [5.74, 6) is -3.40. The molecule has 1 spiro atoms. The fraction of sp³-hybridized carbons (Fsp3) is 0.513. The molecule has 2 bridgehead atoms. The lowest BCUT2D eigenvalue weighted by molar-refractivity contribution is -0.215. The number of carboxylic acids is 1. The second-order valence-electron chi connectivity index (χ2n) is 14.2. The first kappa shape index (κ1) is 35.9. The summed E-state index contributed by atoms with van der Waals surface area (Å²) >= 11 is 0. The Morgan fingerprint density at radius 2 is 1.62 bits per heavy atom. The van der Waals surface area contributed by atoms with Crippen LogP contribution >= 0.6 is 0 Å². The van der Waals surface area contributed by atoms with Crippen molar-refractivity contribution in [1.82, 2.24) is 0 Å². The van der Waals surface area contributed by atoms with Gasteiger partial charge in [-0.05, 0) is 87.5 Å². The minimum atomic E-state index is -1.72. The fourth-order valence-electron chi connectivity index (χ4n) is 7.29. The molecule has 5 rings (SSSR count). The molecule has 0 aromatic heterocycles. The predicted molar refractivity (Wildman–Crippen MR) is 182 cm³/mol. The number of phenolic OH excluding ortho intramolecular Hbond substituents is 2. The van der Waals surface area contributed by atoms with Crippen molar-refractivity contribution in [2.75, 3.05) is 0 Å². The van der Waals surface area contributed by atoms with Crippen LogP contribution in [0.2, 0.25) is 0 Å². The van der Waals surface area contributed by atoms with Crippen molar-refractivity contribution in [2.24, 2.45) is 11.8 Å². The van der Waals surface area contributed by atoms with Gasteiger partial charge in [0, 0.05) is 40.5 Å². The van der Waals surface area contributed by atoms with Gasteiger partial charge in [0.05, 0.1) is 6.10 Å². The van der Waals surface area contributed by atoms with Crippen LogP contribution in [0.1, 0.15) is 109 Å². The van der Waals surface area contributed by atoms with Crippen molar-refractivity contribution in [2.45, 2.75) is 118 Å². The molecule has 0 unspecified atom stereocenters. The number of aromatic hydroxyl groups is 2. The van der Waals surface area contributed by atoms with Crippen LogP contribution in [0.15, 0.2) is 58.2 Å². The average molecular weight is 647 g/mol. The number of ketones is 2. The highest BCUT2D eigenvalue weighted by atomic mass is 16.6. The molecule has 47 heavy (non-hydrogen) atoms. The number of phenols is 2. The second kappa shape index (κ2) is 13.7. The van der Waals surface area contributed by atoms with E-state index in [1.807, 2.05) is 39.8 Å². The lowest BCUT2D eigenvalue weighted by Gasteiger charge is -2.61. The number of hydrogen-bond acceptors (Lipinski definition) is 7. The highest BCUT2D eigenvalue weighted by Gasteiger charge is 2.73. The number of fused-ring (bicyclic) bond motifs is 3. The maximum atomic E-state index is 14.7. The molecule has 8 nitrogen and oxygen atoms in total. The number of ether oxygens (including phenoxy) is 2. The lowest BCUT2D eigenvalue weighted by atomic mass is 9.51. The molecule has 1 aliphatic heterocycles. The molecule has 0 saturated heterocycles. The van der Waals surface area contributed by atoms with Gasteiger partial charge in [-0.1, -0.05) is 54.0 Å². The predicted octanol–water partition coefficient (Wildman–Crippen LogP) is 7.91. The summed E-state index contributed by atoms with van der Waals surface area (Å²) in [7, 11) is 0. The molecule has 254 valence electrons. The van der Waals surface area contributed by atoms with E-state index in [0.717, 1.165) is 24.0 Å². The lowest BCUT2D eigenvalue weighted by Crippen LogP contribution is -2.76. The number of carboxylic acid groups (broad SMARTS) is 1. The molecular weight excluding hydrogens is 596 g/mol. The number of hydrogen-bond donors (Lipinski definition) is 3. The smallest absolute Gasteiger partial charge is 0.330 e. The first-order chi connectivity index (χ1) is 22.0. The fourth-order valence-corrected chi connectivity index (χ4v) is 7.29. The number of aliphatic carboxylic acids is 1. The van der Waals surface area contributed by atoms with Gasteiger partial charge in [-0.3, -0.25) is 9.59 Å². The molecule has 0 amide bonds. The van der Waals surface area contributed by atoms with Gasteiger partial charge in [0.1, 0.15) is 22.8 Å². The van der Waals surface area contributed by atoms with Gasteiger partial charge >= 0.3 is 5.97 Å². The van der Waals surface area contributed by atoms with E-state index in [0.29, 0.717) is 12.0 Å². The van der Waals surface area contributed by atoms with Crippen LogP contribution in [0, 0.1) is 11.8 Å². The topological polar surface area (TPSA) is 130 Å². The Hall–Kier alpha value is -3.91. The summed E-state index contributed by atoms with van der Waals surface area (Å²) in [5.41, 5.74) is 0.778. The zero-order chi connectivity index (χ0) is 35.0. The number of carbonyl (C=O) groups is 3. The number of benzene rings is 1. The SMILES string of the molecule is CC(C)=CCC/C(C)=C/Cc1c(O)c(CC=C(C)C)c2c(c1O)C(=O)C1=C[C@@H]3C[C@@H](C)[C@@]1(O2)[C@@](C/C=C(/C)C(=O)O)(OC(C)C)C3=O. The van der Waals surface area contributed by atoms with E-state index in [9.17, 15) is 29.7 Å². The molecule has 8 heteroatoms. The van der Waals surface area contributed by atoms with Gasteiger partial charge in [-0.15, -0.1) is 0 Å². The molecule has 1 aromatic carbocycles. The molecule has 4 aliphatic rings. The molecule has 4 atom stereocenters. The van der Waals surface area contributed by atoms with Gasteiger partial charge in [0.2, 0.25) is 0 Å². The second-order valence-corrected chi connectivity index (χ2v) is 14.2. The quantitative estimate of drug-likeness (QED) is 0.154.